The molecule has 0 bridgehead atoms. The third kappa shape index (κ3) is 2.62. The van der Waals surface area contributed by atoms with E-state index in [1.165, 1.54) is 12.4 Å². The van der Waals surface area contributed by atoms with Crippen LogP contribution in [-0.2, 0) is 13.6 Å². The minimum Gasteiger partial charge on any atom is -0.476 e. The zero-order chi connectivity index (χ0) is 13.1. The van der Waals surface area contributed by atoms with Crippen LogP contribution >= 0.6 is 0 Å². The van der Waals surface area contributed by atoms with Crippen molar-refractivity contribution >= 4 is 11.8 Å². The van der Waals surface area contributed by atoms with Crippen LogP contribution in [0.1, 0.15) is 21.9 Å². The number of rotatable bonds is 4. The fourth-order valence-electron chi connectivity index (χ4n) is 1.54. The molecule has 7 heteroatoms. The van der Waals surface area contributed by atoms with Gasteiger partial charge in [-0.1, -0.05) is 0 Å². The van der Waals surface area contributed by atoms with Gasteiger partial charge in [0.1, 0.15) is 5.82 Å². The molecule has 2 aromatic rings. The molecule has 0 spiro atoms. The number of anilines is 1. The highest BCUT2D eigenvalue weighted by molar-refractivity contribution is 5.84. The molecule has 0 amide bonds. The summed E-state index contributed by atoms with van der Waals surface area (Å²) < 4.78 is 1.78. The van der Waals surface area contributed by atoms with Gasteiger partial charge in [0.2, 0.25) is 0 Å². The van der Waals surface area contributed by atoms with Crippen molar-refractivity contribution in [2.24, 2.45) is 7.05 Å². The molecule has 0 radical (unpaired) electrons. The van der Waals surface area contributed by atoms with Crippen LogP contribution in [0.3, 0.4) is 0 Å². The molecule has 2 heterocycles. The molecule has 0 aliphatic rings. The van der Waals surface area contributed by atoms with E-state index in [9.17, 15) is 4.79 Å². The number of carboxylic acids is 1. The summed E-state index contributed by atoms with van der Waals surface area (Å²) in [6.45, 7) is 2.48. The van der Waals surface area contributed by atoms with E-state index in [-0.39, 0.29) is 5.69 Å². The molecule has 0 fully saturated rings. The number of carboxylic acid groups (broad SMARTS) is 1. The first-order valence-electron chi connectivity index (χ1n) is 5.35. The average molecular weight is 247 g/mol. The van der Waals surface area contributed by atoms with E-state index in [2.05, 4.69) is 20.4 Å². The number of carbonyl (C=O) groups is 1. The maximum atomic E-state index is 10.6. The van der Waals surface area contributed by atoms with E-state index in [1.807, 2.05) is 20.0 Å². The van der Waals surface area contributed by atoms with E-state index in [0.717, 1.165) is 11.4 Å². The molecular weight excluding hydrogens is 234 g/mol. The molecule has 0 saturated carbocycles. The predicted molar refractivity (Wildman–Crippen MR) is 64.3 cm³/mol. The summed E-state index contributed by atoms with van der Waals surface area (Å²) in [5.41, 5.74) is 1.88. The van der Waals surface area contributed by atoms with Gasteiger partial charge in [-0.3, -0.25) is 4.68 Å². The predicted octanol–water partition coefficient (Wildman–Crippen LogP) is 0.829. The second kappa shape index (κ2) is 4.82. The molecule has 94 valence electrons. The first-order valence-corrected chi connectivity index (χ1v) is 5.35. The number of aryl methyl sites for hydroxylation is 2. The Labute approximate surface area is 104 Å². The summed E-state index contributed by atoms with van der Waals surface area (Å²) in [6.07, 6.45) is 2.62. The standard InChI is InChI=1S/C11H13N5O2/c1-7-3-8(16(2)15-7)4-13-10-6-12-9(5-14-10)11(17)18/h3,5-6H,4H2,1-2H3,(H,13,14)(H,17,18). The van der Waals surface area contributed by atoms with Gasteiger partial charge >= 0.3 is 5.97 Å². The highest BCUT2D eigenvalue weighted by Gasteiger charge is 2.05. The van der Waals surface area contributed by atoms with Crippen molar-refractivity contribution in [3.05, 3.63) is 35.5 Å². The fraction of sp³-hybridized carbons (Fsp3) is 0.273. The summed E-state index contributed by atoms with van der Waals surface area (Å²) in [5, 5.41) is 16.0. The van der Waals surface area contributed by atoms with Gasteiger partial charge in [-0.25, -0.2) is 14.8 Å². The summed E-state index contributed by atoms with van der Waals surface area (Å²) in [4.78, 5) is 18.3. The zero-order valence-electron chi connectivity index (χ0n) is 10.1. The van der Waals surface area contributed by atoms with Crippen molar-refractivity contribution in [1.29, 1.82) is 0 Å². The van der Waals surface area contributed by atoms with Crippen molar-refractivity contribution in [3.8, 4) is 0 Å². The molecule has 0 aromatic carbocycles. The third-order valence-electron chi connectivity index (χ3n) is 2.42. The number of hydrogen-bond donors (Lipinski definition) is 2. The highest BCUT2D eigenvalue weighted by atomic mass is 16.4. The van der Waals surface area contributed by atoms with Crippen LogP contribution in [0.25, 0.3) is 0 Å². The quantitative estimate of drug-likeness (QED) is 0.831. The molecule has 0 unspecified atom stereocenters. The summed E-state index contributed by atoms with van der Waals surface area (Å²) in [5.74, 6) is -0.560. The van der Waals surface area contributed by atoms with Crippen LogP contribution in [0.2, 0.25) is 0 Å². The smallest absolute Gasteiger partial charge is 0.356 e. The largest absolute Gasteiger partial charge is 0.476 e. The van der Waals surface area contributed by atoms with Crippen LogP contribution in [0.4, 0.5) is 5.82 Å². The van der Waals surface area contributed by atoms with Crippen molar-refractivity contribution in [2.75, 3.05) is 5.32 Å². The Balaban J connectivity index is 2.02. The van der Waals surface area contributed by atoms with Gasteiger partial charge in [0.25, 0.3) is 0 Å². The van der Waals surface area contributed by atoms with E-state index in [4.69, 9.17) is 5.11 Å². The molecule has 2 rings (SSSR count). The lowest BCUT2D eigenvalue weighted by atomic mass is 10.3. The second-order valence-corrected chi connectivity index (χ2v) is 3.85. The Kier molecular flexibility index (Phi) is 3.22. The van der Waals surface area contributed by atoms with E-state index < -0.39 is 5.97 Å². The number of aromatic carboxylic acids is 1. The Morgan fingerprint density at radius 3 is 2.72 bits per heavy atom. The minimum absolute atomic E-state index is 0.0723. The summed E-state index contributed by atoms with van der Waals surface area (Å²) in [7, 11) is 1.86. The van der Waals surface area contributed by atoms with Crippen molar-refractivity contribution in [1.82, 2.24) is 19.7 Å². The summed E-state index contributed by atoms with van der Waals surface area (Å²) in [6, 6.07) is 1.96. The molecule has 2 aromatic heterocycles. The van der Waals surface area contributed by atoms with Crippen LogP contribution in [-0.4, -0.2) is 30.8 Å². The van der Waals surface area contributed by atoms with Gasteiger partial charge in [0.05, 0.1) is 30.3 Å². The number of nitrogens with one attached hydrogen (secondary N) is 1. The molecule has 0 saturated heterocycles. The lowest BCUT2D eigenvalue weighted by molar-refractivity contribution is 0.0690. The Morgan fingerprint density at radius 1 is 1.44 bits per heavy atom. The monoisotopic (exact) mass is 247 g/mol. The third-order valence-corrected chi connectivity index (χ3v) is 2.42. The lowest BCUT2D eigenvalue weighted by Crippen LogP contribution is -2.08. The van der Waals surface area contributed by atoms with Gasteiger partial charge in [-0.15, -0.1) is 0 Å². The Hall–Kier alpha value is -2.44. The SMILES string of the molecule is Cc1cc(CNc2cnc(C(=O)O)cn2)n(C)n1. The minimum atomic E-state index is -1.09. The topological polar surface area (TPSA) is 92.9 Å². The molecule has 18 heavy (non-hydrogen) atoms. The molecule has 0 aliphatic heterocycles. The molecule has 2 N–H and O–H groups in total. The maximum Gasteiger partial charge on any atom is 0.356 e. The number of nitrogens with zero attached hydrogens (tertiary/aromatic N) is 4. The van der Waals surface area contributed by atoms with Crippen molar-refractivity contribution in [2.45, 2.75) is 13.5 Å². The van der Waals surface area contributed by atoms with Crippen LogP contribution in [0.5, 0.6) is 0 Å². The average Bonchev–Trinajstić information content (AvgIpc) is 2.66. The van der Waals surface area contributed by atoms with Gasteiger partial charge < -0.3 is 10.4 Å². The molecular formula is C11H13N5O2. The highest BCUT2D eigenvalue weighted by Crippen LogP contribution is 2.06. The van der Waals surface area contributed by atoms with Gasteiger partial charge in [0, 0.05) is 7.05 Å². The Bertz CT molecular complexity index is 561. The van der Waals surface area contributed by atoms with Crippen LogP contribution < -0.4 is 5.32 Å². The van der Waals surface area contributed by atoms with E-state index >= 15 is 0 Å². The van der Waals surface area contributed by atoms with Crippen molar-refractivity contribution in [3.63, 3.8) is 0 Å². The van der Waals surface area contributed by atoms with Gasteiger partial charge in [-0.05, 0) is 13.0 Å². The zero-order valence-corrected chi connectivity index (χ0v) is 10.1. The number of aromatic nitrogens is 4. The first kappa shape index (κ1) is 12.0. The van der Waals surface area contributed by atoms with E-state index in [0.29, 0.717) is 12.4 Å². The second-order valence-electron chi connectivity index (χ2n) is 3.85. The first-order chi connectivity index (χ1) is 8.56. The molecule has 0 atom stereocenters. The van der Waals surface area contributed by atoms with Gasteiger partial charge in [0.15, 0.2) is 5.69 Å². The molecule has 7 nitrogen and oxygen atoms in total. The molecule has 0 aliphatic carbocycles. The summed E-state index contributed by atoms with van der Waals surface area (Å²) >= 11 is 0. The van der Waals surface area contributed by atoms with Crippen molar-refractivity contribution < 1.29 is 9.90 Å². The maximum absolute atomic E-state index is 10.6. The van der Waals surface area contributed by atoms with Crippen LogP contribution in [0, 0.1) is 6.92 Å². The fourth-order valence-corrected chi connectivity index (χ4v) is 1.54. The van der Waals surface area contributed by atoms with Gasteiger partial charge in [-0.2, -0.15) is 5.10 Å². The van der Waals surface area contributed by atoms with E-state index in [1.54, 1.807) is 4.68 Å². The van der Waals surface area contributed by atoms with Crippen LogP contribution in [0.15, 0.2) is 18.5 Å². The number of hydrogen-bond acceptors (Lipinski definition) is 5. The Morgan fingerprint density at radius 2 is 2.22 bits per heavy atom. The normalized spacial score (nSPS) is 10.3. The lowest BCUT2D eigenvalue weighted by Gasteiger charge is -2.05.